The lowest BCUT2D eigenvalue weighted by molar-refractivity contribution is -0.384. The van der Waals surface area contributed by atoms with Crippen molar-refractivity contribution >= 4 is 34.9 Å². The Morgan fingerprint density at radius 2 is 2.15 bits per heavy atom. The minimum Gasteiger partial charge on any atom is -0.360 e. The Hall–Kier alpha value is -2.94. The van der Waals surface area contributed by atoms with Crippen LogP contribution in [0.1, 0.15) is 29.0 Å². The summed E-state index contributed by atoms with van der Waals surface area (Å²) in [7, 11) is 0. The zero-order valence-electron chi connectivity index (χ0n) is 13.8. The number of aromatic nitrogens is 1. The highest BCUT2D eigenvalue weighted by atomic mass is 35.5. The number of non-ortho nitro benzene ring substituents is 1. The molecule has 1 aromatic carbocycles. The van der Waals surface area contributed by atoms with Gasteiger partial charge in [-0.3, -0.25) is 19.7 Å². The third kappa shape index (κ3) is 3.99. The lowest BCUT2D eigenvalue weighted by Crippen LogP contribution is -2.39. The molecule has 0 radical (unpaired) electrons. The molecule has 10 heteroatoms. The third-order valence-electron chi connectivity index (χ3n) is 3.85. The van der Waals surface area contributed by atoms with Crippen molar-refractivity contribution in [3.05, 3.63) is 50.7 Å². The number of hydrogen-bond acceptors (Lipinski definition) is 6. The zero-order valence-corrected chi connectivity index (χ0v) is 14.5. The van der Waals surface area contributed by atoms with Gasteiger partial charge in [0, 0.05) is 24.2 Å². The highest BCUT2D eigenvalue weighted by Gasteiger charge is 2.35. The number of carbonyl (C=O) groups excluding carboxylic acids is 2. The summed E-state index contributed by atoms with van der Waals surface area (Å²) in [5, 5.41) is 17.0. The lowest BCUT2D eigenvalue weighted by atomic mass is 10.1. The molecule has 1 N–H and O–H groups in total. The first-order valence-electron chi connectivity index (χ1n) is 7.83. The molecule has 1 aromatic heterocycles. The highest BCUT2D eigenvalue weighted by Crippen LogP contribution is 2.30. The number of hydrogen-bond donors (Lipinski definition) is 1. The van der Waals surface area contributed by atoms with E-state index in [-0.39, 0.29) is 34.7 Å². The normalized spacial score (nSPS) is 13.3. The van der Waals surface area contributed by atoms with Gasteiger partial charge in [0.05, 0.1) is 15.5 Å². The Balaban J connectivity index is 1.74. The van der Waals surface area contributed by atoms with Crippen molar-refractivity contribution in [1.82, 2.24) is 10.1 Å². The van der Waals surface area contributed by atoms with Gasteiger partial charge in [-0.15, -0.1) is 0 Å². The number of carbonyl (C=O) groups is 2. The number of nitrogens with zero attached hydrogens (tertiary/aromatic N) is 3. The van der Waals surface area contributed by atoms with Crippen LogP contribution in [0.25, 0.3) is 0 Å². The first-order chi connectivity index (χ1) is 12.3. The van der Waals surface area contributed by atoms with Crippen LogP contribution in [0.3, 0.4) is 0 Å². The summed E-state index contributed by atoms with van der Waals surface area (Å²) in [5.41, 5.74) is -0.0853. The van der Waals surface area contributed by atoms with Crippen LogP contribution >= 0.6 is 11.6 Å². The number of halogens is 1. The van der Waals surface area contributed by atoms with Gasteiger partial charge in [-0.25, -0.2) is 0 Å². The molecule has 2 amide bonds. The van der Waals surface area contributed by atoms with E-state index in [0.29, 0.717) is 5.76 Å². The summed E-state index contributed by atoms with van der Waals surface area (Å²) in [6, 6.07) is 5.14. The molecule has 136 valence electrons. The van der Waals surface area contributed by atoms with Crippen LogP contribution in [-0.2, 0) is 4.79 Å². The van der Waals surface area contributed by atoms with Gasteiger partial charge < -0.3 is 14.7 Å². The van der Waals surface area contributed by atoms with Crippen molar-refractivity contribution in [2.45, 2.75) is 25.8 Å². The van der Waals surface area contributed by atoms with Crippen molar-refractivity contribution < 1.29 is 19.0 Å². The summed E-state index contributed by atoms with van der Waals surface area (Å²) in [5.74, 6) is -0.0485. The number of benzene rings is 1. The van der Waals surface area contributed by atoms with Crippen molar-refractivity contribution in [3.63, 3.8) is 0 Å². The largest absolute Gasteiger partial charge is 0.360 e. The molecule has 26 heavy (non-hydrogen) atoms. The van der Waals surface area contributed by atoms with E-state index in [0.717, 1.165) is 18.9 Å². The van der Waals surface area contributed by atoms with Crippen LogP contribution in [0.15, 0.2) is 28.8 Å². The van der Waals surface area contributed by atoms with Crippen LogP contribution in [0, 0.1) is 17.0 Å². The van der Waals surface area contributed by atoms with Crippen molar-refractivity contribution in [2.24, 2.45) is 0 Å². The van der Waals surface area contributed by atoms with Gasteiger partial charge in [0.2, 0.25) is 5.91 Å². The maximum atomic E-state index is 12.8. The molecule has 0 aliphatic heterocycles. The molecule has 0 unspecified atom stereocenters. The van der Waals surface area contributed by atoms with E-state index in [1.807, 2.05) is 0 Å². The average Bonchev–Trinajstić information content (AvgIpc) is 3.34. The predicted octanol–water partition coefficient (Wildman–Crippen LogP) is 2.79. The van der Waals surface area contributed by atoms with Crippen LogP contribution in [0.2, 0.25) is 5.02 Å². The monoisotopic (exact) mass is 378 g/mol. The number of aryl methyl sites for hydroxylation is 1. The Morgan fingerprint density at radius 3 is 2.69 bits per heavy atom. The number of nitro groups is 1. The van der Waals surface area contributed by atoms with E-state index < -0.39 is 16.7 Å². The first-order valence-corrected chi connectivity index (χ1v) is 8.21. The minimum atomic E-state index is -0.591. The molecule has 0 atom stereocenters. The molecule has 0 bridgehead atoms. The van der Waals surface area contributed by atoms with Gasteiger partial charge in [-0.1, -0.05) is 16.8 Å². The molecule has 0 spiro atoms. The zero-order chi connectivity index (χ0) is 18.8. The summed E-state index contributed by atoms with van der Waals surface area (Å²) in [4.78, 5) is 36.6. The highest BCUT2D eigenvalue weighted by molar-refractivity contribution is 6.34. The van der Waals surface area contributed by atoms with Crippen LogP contribution < -0.4 is 5.32 Å². The molecule has 0 saturated heterocycles. The van der Waals surface area contributed by atoms with Gasteiger partial charge >= 0.3 is 0 Å². The number of amides is 2. The van der Waals surface area contributed by atoms with Gasteiger partial charge in [0.15, 0.2) is 5.82 Å². The summed E-state index contributed by atoms with van der Waals surface area (Å²) in [6.45, 7) is 1.52. The van der Waals surface area contributed by atoms with Gasteiger partial charge in [0.25, 0.3) is 11.6 Å². The number of anilines is 1. The minimum absolute atomic E-state index is 0.0256. The van der Waals surface area contributed by atoms with Crippen molar-refractivity contribution in [2.75, 3.05) is 11.9 Å². The topological polar surface area (TPSA) is 119 Å². The standard InChI is InChI=1S/C16H15ClN4O5/c1-9-6-14(19-26-9)18-15(22)8-20(10-2-3-10)16(23)12-5-4-11(21(24)25)7-13(12)17/h4-7,10H,2-3,8H2,1H3,(H,18,19,22). The fourth-order valence-electron chi connectivity index (χ4n) is 2.46. The van der Waals surface area contributed by atoms with E-state index in [1.54, 1.807) is 13.0 Å². The molecule has 1 heterocycles. The maximum absolute atomic E-state index is 12.8. The molecular formula is C16H15ClN4O5. The summed E-state index contributed by atoms with van der Waals surface area (Å²) in [6.07, 6.45) is 1.57. The van der Waals surface area contributed by atoms with Gasteiger partial charge in [0.1, 0.15) is 12.3 Å². The quantitative estimate of drug-likeness (QED) is 0.609. The van der Waals surface area contributed by atoms with E-state index in [2.05, 4.69) is 10.5 Å². The van der Waals surface area contributed by atoms with E-state index in [1.165, 1.54) is 17.0 Å². The Bertz CT molecular complexity index is 877. The first kappa shape index (κ1) is 17.9. The molecule has 1 aliphatic carbocycles. The van der Waals surface area contributed by atoms with E-state index in [9.17, 15) is 19.7 Å². The fraction of sp³-hybridized carbons (Fsp3) is 0.312. The molecule has 3 rings (SSSR count). The Kier molecular flexibility index (Phi) is 4.90. The average molecular weight is 379 g/mol. The molecular weight excluding hydrogens is 364 g/mol. The van der Waals surface area contributed by atoms with E-state index in [4.69, 9.17) is 16.1 Å². The fourth-order valence-corrected chi connectivity index (χ4v) is 2.72. The second-order valence-corrected chi connectivity index (χ2v) is 6.36. The number of nitro benzene ring substituents is 1. The van der Waals surface area contributed by atoms with Crippen LogP contribution in [-0.4, -0.2) is 39.4 Å². The molecule has 1 fully saturated rings. The smallest absolute Gasteiger partial charge is 0.270 e. The maximum Gasteiger partial charge on any atom is 0.270 e. The Labute approximate surface area is 153 Å². The predicted molar refractivity (Wildman–Crippen MR) is 92.0 cm³/mol. The lowest BCUT2D eigenvalue weighted by Gasteiger charge is -2.22. The molecule has 2 aromatic rings. The second-order valence-electron chi connectivity index (χ2n) is 5.96. The summed E-state index contributed by atoms with van der Waals surface area (Å²) < 4.78 is 4.88. The third-order valence-corrected chi connectivity index (χ3v) is 4.16. The Morgan fingerprint density at radius 1 is 1.42 bits per heavy atom. The molecule has 9 nitrogen and oxygen atoms in total. The second kappa shape index (κ2) is 7.12. The van der Waals surface area contributed by atoms with Crippen molar-refractivity contribution in [1.29, 1.82) is 0 Å². The SMILES string of the molecule is Cc1cc(NC(=O)CN(C(=O)c2ccc([N+](=O)[O-])cc2Cl)C2CC2)no1. The van der Waals surface area contributed by atoms with Crippen LogP contribution in [0.4, 0.5) is 11.5 Å². The molecule has 1 aliphatic rings. The molecule has 1 saturated carbocycles. The van der Waals surface area contributed by atoms with E-state index >= 15 is 0 Å². The number of nitrogens with one attached hydrogen (secondary N) is 1. The number of rotatable bonds is 6. The van der Waals surface area contributed by atoms with Gasteiger partial charge in [-0.2, -0.15) is 0 Å². The summed E-state index contributed by atoms with van der Waals surface area (Å²) >= 11 is 6.03. The van der Waals surface area contributed by atoms with Crippen LogP contribution in [0.5, 0.6) is 0 Å². The van der Waals surface area contributed by atoms with Crippen molar-refractivity contribution in [3.8, 4) is 0 Å². The van der Waals surface area contributed by atoms with Gasteiger partial charge in [-0.05, 0) is 25.8 Å².